The first-order valence-electron chi connectivity index (χ1n) is 6.44. The van der Waals surface area contributed by atoms with E-state index >= 15 is 0 Å². The van der Waals surface area contributed by atoms with E-state index in [9.17, 15) is 8.42 Å². The third-order valence-corrected chi connectivity index (χ3v) is 4.63. The Kier molecular flexibility index (Phi) is 3.51. The number of aryl methyl sites for hydroxylation is 2. The van der Waals surface area contributed by atoms with Gasteiger partial charge in [-0.3, -0.25) is 0 Å². The average Bonchev–Trinajstić information content (AvgIpc) is 3.04. The highest BCUT2D eigenvalue weighted by molar-refractivity contribution is 7.89. The van der Waals surface area contributed by atoms with Crippen molar-refractivity contribution in [2.24, 2.45) is 7.05 Å². The highest BCUT2D eigenvalue weighted by Gasteiger charge is 2.25. The summed E-state index contributed by atoms with van der Waals surface area (Å²) in [4.78, 5) is 3.83. The van der Waals surface area contributed by atoms with E-state index in [0.29, 0.717) is 13.2 Å². The third kappa shape index (κ3) is 2.82. The molecule has 0 spiro atoms. The van der Waals surface area contributed by atoms with Crippen molar-refractivity contribution in [3.8, 4) is 0 Å². The number of hydrogen-bond acceptors (Lipinski definition) is 6. The summed E-state index contributed by atoms with van der Waals surface area (Å²) in [6.45, 7) is 2.89. The van der Waals surface area contributed by atoms with Gasteiger partial charge < -0.3 is 9.30 Å². The van der Waals surface area contributed by atoms with E-state index in [1.165, 1.54) is 12.5 Å². The first-order valence-corrected chi connectivity index (χ1v) is 7.92. The lowest BCUT2D eigenvalue weighted by molar-refractivity contribution is 0.00374. The van der Waals surface area contributed by atoms with E-state index in [0.717, 1.165) is 11.4 Å². The van der Waals surface area contributed by atoms with Gasteiger partial charge in [0.05, 0.1) is 37.0 Å². The summed E-state index contributed by atoms with van der Waals surface area (Å²) in [6, 6.07) is 0. The zero-order chi connectivity index (χ0) is 15.0. The summed E-state index contributed by atoms with van der Waals surface area (Å²) in [5, 5.41) is 7.98. The van der Waals surface area contributed by atoms with Gasteiger partial charge in [-0.15, -0.1) is 5.10 Å². The molecule has 1 N–H and O–H groups in total. The van der Waals surface area contributed by atoms with Gasteiger partial charge in [-0.25, -0.2) is 22.8 Å². The van der Waals surface area contributed by atoms with Crippen LogP contribution in [-0.2, 0) is 35.0 Å². The number of nitrogens with zero attached hydrogens (tertiary/aromatic N) is 5. The molecule has 3 rings (SSSR count). The molecule has 1 aliphatic heterocycles. The monoisotopic (exact) mass is 312 g/mol. The van der Waals surface area contributed by atoms with E-state index in [2.05, 4.69) is 20.0 Å². The molecule has 2 aromatic rings. The van der Waals surface area contributed by atoms with Crippen molar-refractivity contribution in [3.05, 3.63) is 23.9 Å². The second kappa shape index (κ2) is 5.20. The van der Waals surface area contributed by atoms with E-state index in [-0.39, 0.29) is 17.7 Å². The number of fused-ring (bicyclic) bond motifs is 1. The van der Waals surface area contributed by atoms with Crippen molar-refractivity contribution in [2.75, 3.05) is 6.54 Å². The largest absolute Gasteiger partial charge is 0.369 e. The Morgan fingerprint density at radius 1 is 1.52 bits per heavy atom. The third-order valence-electron chi connectivity index (χ3n) is 3.32. The van der Waals surface area contributed by atoms with Crippen LogP contribution in [0.15, 0.2) is 17.6 Å². The van der Waals surface area contributed by atoms with Crippen LogP contribution in [0, 0.1) is 6.92 Å². The molecule has 9 nitrogen and oxygen atoms in total. The number of aromatic nitrogens is 5. The first kappa shape index (κ1) is 14.2. The standard InChI is InChI=1S/C11H16N6O3S/c1-8-10-6-20-9(4-17(10)15-14-8)3-13-21(18,19)11-5-16(2)7-12-11/h5,7,9,13H,3-4,6H2,1-2H3/t9-/m0/s1. The van der Waals surface area contributed by atoms with Gasteiger partial charge >= 0.3 is 0 Å². The molecular weight excluding hydrogens is 296 g/mol. The van der Waals surface area contributed by atoms with Gasteiger partial charge in [0.2, 0.25) is 0 Å². The lowest BCUT2D eigenvalue weighted by Gasteiger charge is -2.23. The molecule has 10 heteroatoms. The zero-order valence-corrected chi connectivity index (χ0v) is 12.5. The van der Waals surface area contributed by atoms with E-state index < -0.39 is 10.0 Å². The van der Waals surface area contributed by atoms with Gasteiger partial charge in [-0.1, -0.05) is 5.21 Å². The van der Waals surface area contributed by atoms with Gasteiger partial charge in [0.25, 0.3) is 10.0 Å². The molecule has 21 heavy (non-hydrogen) atoms. The number of hydrogen-bond donors (Lipinski definition) is 1. The lowest BCUT2D eigenvalue weighted by atomic mass is 10.2. The van der Waals surface area contributed by atoms with Crippen LogP contribution in [0.25, 0.3) is 0 Å². The summed E-state index contributed by atoms with van der Waals surface area (Å²) < 4.78 is 35.6. The Labute approximate surface area is 122 Å². The number of ether oxygens (including phenoxy) is 1. The van der Waals surface area contributed by atoms with E-state index in [4.69, 9.17) is 4.74 Å². The van der Waals surface area contributed by atoms with Gasteiger partial charge in [-0.05, 0) is 6.92 Å². The number of nitrogens with one attached hydrogen (secondary N) is 1. The molecule has 0 bridgehead atoms. The lowest BCUT2D eigenvalue weighted by Crippen LogP contribution is -2.39. The topological polar surface area (TPSA) is 104 Å². The highest BCUT2D eigenvalue weighted by Crippen LogP contribution is 2.15. The fourth-order valence-corrected chi connectivity index (χ4v) is 3.16. The minimum absolute atomic E-state index is 0.00176. The van der Waals surface area contributed by atoms with Crippen molar-refractivity contribution < 1.29 is 13.2 Å². The molecule has 0 aromatic carbocycles. The molecule has 0 unspecified atom stereocenters. The van der Waals surface area contributed by atoms with Crippen LogP contribution in [-0.4, -0.2) is 45.6 Å². The molecule has 0 saturated carbocycles. The molecule has 3 heterocycles. The number of imidazole rings is 1. The first-order chi connectivity index (χ1) is 9.95. The van der Waals surface area contributed by atoms with Crippen LogP contribution in [0.5, 0.6) is 0 Å². The van der Waals surface area contributed by atoms with Crippen molar-refractivity contribution in [2.45, 2.75) is 31.2 Å². The van der Waals surface area contributed by atoms with Crippen LogP contribution in [0.1, 0.15) is 11.4 Å². The Bertz CT molecular complexity index is 750. The number of sulfonamides is 1. The Morgan fingerprint density at radius 3 is 3.05 bits per heavy atom. The molecule has 114 valence electrons. The minimum Gasteiger partial charge on any atom is -0.369 e. The van der Waals surface area contributed by atoms with Crippen LogP contribution in [0.2, 0.25) is 0 Å². The summed E-state index contributed by atoms with van der Waals surface area (Å²) in [7, 11) is -1.91. The molecule has 1 aliphatic rings. The molecular formula is C11H16N6O3S. The fraction of sp³-hybridized carbons (Fsp3) is 0.545. The Morgan fingerprint density at radius 2 is 2.33 bits per heavy atom. The fourth-order valence-electron chi connectivity index (χ4n) is 2.12. The highest BCUT2D eigenvalue weighted by atomic mass is 32.2. The van der Waals surface area contributed by atoms with Crippen LogP contribution < -0.4 is 4.72 Å². The van der Waals surface area contributed by atoms with Gasteiger partial charge in [0.15, 0.2) is 5.03 Å². The second-order valence-electron chi connectivity index (χ2n) is 4.97. The second-order valence-corrected chi connectivity index (χ2v) is 6.68. The molecule has 0 amide bonds. The molecule has 1 atom stereocenters. The normalized spacial score (nSPS) is 18.7. The van der Waals surface area contributed by atoms with Crippen LogP contribution >= 0.6 is 0 Å². The van der Waals surface area contributed by atoms with E-state index in [1.54, 1.807) is 16.3 Å². The Balaban J connectivity index is 1.64. The predicted molar refractivity (Wildman–Crippen MR) is 71.7 cm³/mol. The van der Waals surface area contributed by atoms with Gasteiger partial charge in [0, 0.05) is 19.8 Å². The summed E-state index contributed by atoms with van der Waals surface area (Å²) in [6.07, 6.45) is 2.61. The maximum Gasteiger partial charge on any atom is 0.259 e. The van der Waals surface area contributed by atoms with Crippen molar-refractivity contribution in [1.29, 1.82) is 0 Å². The number of rotatable bonds is 4. The van der Waals surface area contributed by atoms with Crippen molar-refractivity contribution in [1.82, 2.24) is 29.3 Å². The zero-order valence-electron chi connectivity index (χ0n) is 11.7. The van der Waals surface area contributed by atoms with Crippen LogP contribution in [0.3, 0.4) is 0 Å². The molecule has 0 radical (unpaired) electrons. The predicted octanol–water partition coefficient (Wildman–Crippen LogP) is -0.803. The van der Waals surface area contributed by atoms with Gasteiger partial charge in [0.1, 0.15) is 0 Å². The van der Waals surface area contributed by atoms with Gasteiger partial charge in [-0.2, -0.15) is 0 Å². The maximum atomic E-state index is 12.1. The average molecular weight is 312 g/mol. The SMILES string of the molecule is Cc1nnn2c1CO[C@@H](CNS(=O)(=O)c1cn(C)cn1)C2. The molecule has 0 saturated heterocycles. The molecule has 0 aliphatic carbocycles. The summed E-state index contributed by atoms with van der Waals surface area (Å²) in [5.74, 6) is 0. The van der Waals surface area contributed by atoms with Crippen molar-refractivity contribution in [3.63, 3.8) is 0 Å². The quantitative estimate of drug-likeness (QED) is 0.792. The van der Waals surface area contributed by atoms with Crippen LogP contribution in [0.4, 0.5) is 0 Å². The van der Waals surface area contributed by atoms with E-state index in [1.807, 2.05) is 6.92 Å². The minimum atomic E-state index is -3.62. The summed E-state index contributed by atoms with van der Waals surface area (Å²) >= 11 is 0. The van der Waals surface area contributed by atoms with Crippen molar-refractivity contribution >= 4 is 10.0 Å². The molecule has 2 aromatic heterocycles. The molecule has 0 fully saturated rings. The maximum absolute atomic E-state index is 12.1. The summed E-state index contributed by atoms with van der Waals surface area (Å²) in [5.41, 5.74) is 1.77. The smallest absolute Gasteiger partial charge is 0.259 e. The Hall–Kier alpha value is -1.78.